The lowest BCUT2D eigenvalue weighted by atomic mass is 10.2. The van der Waals surface area contributed by atoms with E-state index in [0.29, 0.717) is 31.1 Å². The fraction of sp³-hybridized carbons (Fsp3) is 0.208. The van der Waals surface area contributed by atoms with E-state index >= 15 is 0 Å². The summed E-state index contributed by atoms with van der Waals surface area (Å²) in [6.07, 6.45) is 0.752. The molecule has 0 spiro atoms. The summed E-state index contributed by atoms with van der Waals surface area (Å²) in [5, 5.41) is 0. The molecule has 0 N–H and O–H groups in total. The van der Waals surface area contributed by atoms with Gasteiger partial charge in [0.1, 0.15) is 11.6 Å². The second-order valence-corrected chi connectivity index (χ2v) is 6.64. The smallest absolute Gasteiger partial charge is 0.161 e. The van der Waals surface area contributed by atoms with Gasteiger partial charge in [0.15, 0.2) is 11.5 Å². The van der Waals surface area contributed by atoms with Crippen LogP contribution in [-0.2, 0) is 6.54 Å². The summed E-state index contributed by atoms with van der Waals surface area (Å²) >= 11 is 0. The zero-order valence-electron chi connectivity index (χ0n) is 16.3. The largest absolute Gasteiger partial charge is 0.490 e. The van der Waals surface area contributed by atoms with Crippen LogP contribution in [0.25, 0.3) is 22.4 Å². The standard InChI is InChI=1S/C24H23FN2O2/c1-2-28-22-14-7-8-15-23(22)29-17-9-16-27-21-13-6-5-12-20(21)26-24(27)18-10-3-4-11-19(18)25/h3-8,10-15H,2,9,16-17H2,1H3. The quantitative estimate of drug-likeness (QED) is 0.362. The van der Waals surface area contributed by atoms with Crippen LogP contribution < -0.4 is 9.47 Å². The van der Waals surface area contributed by atoms with Gasteiger partial charge >= 0.3 is 0 Å². The van der Waals surface area contributed by atoms with E-state index in [1.54, 1.807) is 12.1 Å². The van der Waals surface area contributed by atoms with Gasteiger partial charge in [0.05, 0.1) is 29.8 Å². The highest BCUT2D eigenvalue weighted by atomic mass is 19.1. The van der Waals surface area contributed by atoms with Gasteiger partial charge < -0.3 is 14.0 Å². The van der Waals surface area contributed by atoms with Crippen molar-refractivity contribution in [3.63, 3.8) is 0 Å². The number of hydrogen-bond acceptors (Lipinski definition) is 3. The molecule has 0 amide bonds. The van der Waals surface area contributed by atoms with E-state index in [0.717, 1.165) is 29.0 Å². The van der Waals surface area contributed by atoms with Gasteiger partial charge in [-0.3, -0.25) is 0 Å². The fourth-order valence-corrected chi connectivity index (χ4v) is 3.40. The number of hydrogen-bond donors (Lipinski definition) is 0. The third kappa shape index (κ3) is 4.09. The molecule has 0 aliphatic carbocycles. The van der Waals surface area contributed by atoms with Crippen molar-refractivity contribution in [3.05, 3.63) is 78.6 Å². The molecular weight excluding hydrogens is 367 g/mol. The Kier molecular flexibility index (Phi) is 5.75. The van der Waals surface area contributed by atoms with Gasteiger partial charge in [-0.25, -0.2) is 9.37 Å². The maximum atomic E-state index is 14.4. The number of nitrogens with zero attached hydrogens (tertiary/aromatic N) is 2. The lowest BCUT2D eigenvalue weighted by Crippen LogP contribution is -2.07. The Morgan fingerprint density at radius 3 is 2.34 bits per heavy atom. The van der Waals surface area contributed by atoms with Crippen LogP contribution in [0.4, 0.5) is 4.39 Å². The molecule has 3 aromatic carbocycles. The lowest BCUT2D eigenvalue weighted by molar-refractivity contribution is 0.269. The zero-order valence-corrected chi connectivity index (χ0v) is 16.3. The summed E-state index contributed by atoms with van der Waals surface area (Å²) in [7, 11) is 0. The number of halogens is 1. The summed E-state index contributed by atoms with van der Waals surface area (Å²) in [5.41, 5.74) is 2.35. The van der Waals surface area contributed by atoms with Crippen molar-refractivity contribution in [2.45, 2.75) is 19.9 Å². The highest BCUT2D eigenvalue weighted by Gasteiger charge is 2.15. The van der Waals surface area contributed by atoms with E-state index in [2.05, 4.69) is 9.55 Å². The molecule has 0 radical (unpaired) electrons. The van der Waals surface area contributed by atoms with Crippen molar-refractivity contribution in [1.29, 1.82) is 0 Å². The van der Waals surface area contributed by atoms with Crippen molar-refractivity contribution < 1.29 is 13.9 Å². The molecule has 1 heterocycles. The van der Waals surface area contributed by atoms with Crippen molar-refractivity contribution in [3.8, 4) is 22.9 Å². The van der Waals surface area contributed by atoms with Crippen LogP contribution in [0, 0.1) is 5.82 Å². The van der Waals surface area contributed by atoms with Crippen LogP contribution in [0.5, 0.6) is 11.5 Å². The van der Waals surface area contributed by atoms with Gasteiger partial charge in [-0.15, -0.1) is 0 Å². The van der Waals surface area contributed by atoms with Gasteiger partial charge in [0, 0.05) is 6.54 Å². The topological polar surface area (TPSA) is 36.3 Å². The molecule has 0 saturated carbocycles. The molecule has 0 aliphatic heterocycles. The summed E-state index contributed by atoms with van der Waals surface area (Å²) in [4.78, 5) is 4.68. The molecule has 4 aromatic rings. The minimum atomic E-state index is -0.272. The van der Waals surface area contributed by atoms with Gasteiger partial charge in [-0.05, 0) is 49.7 Å². The fourth-order valence-electron chi connectivity index (χ4n) is 3.40. The van der Waals surface area contributed by atoms with Gasteiger partial charge in [0.25, 0.3) is 0 Å². The number of aromatic nitrogens is 2. The Morgan fingerprint density at radius 2 is 1.55 bits per heavy atom. The summed E-state index contributed by atoms with van der Waals surface area (Å²) < 4.78 is 28.0. The Morgan fingerprint density at radius 1 is 0.862 bits per heavy atom. The first-order valence-electron chi connectivity index (χ1n) is 9.82. The Labute approximate surface area is 169 Å². The maximum absolute atomic E-state index is 14.4. The minimum absolute atomic E-state index is 0.272. The molecule has 148 valence electrons. The molecule has 1 aromatic heterocycles. The van der Waals surface area contributed by atoms with Gasteiger partial charge in [-0.2, -0.15) is 0 Å². The molecule has 0 atom stereocenters. The van der Waals surface area contributed by atoms with Crippen molar-refractivity contribution in [1.82, 2.24) is 9.55 Å². The molecule has 4 nitrogen and oxygen atoms in total. The first kappa shape index (κ1) is 19.0. The summed E-state index contributed by atoms with van der Waals surface area (Å²) in [6, 6.07) is 22.3. The normalized spacial score (nSPS) is 11.0. The number of benzene rings is 3. The minimum Gasteiger partial charge on any atom is -0.490 e. The van der Waals surface area contributed by atoms with E-state index in [-0.39, 0.29) is 5.82 Å². The molecule has 0 bridgehead atoms. The van der Waals surface area contributed by atoms with Crippen LogP contribution in [0.1, 0.15) is 13.3 Å². The average Bonchev–Trinajstić information content (AvgIpc) is 3.11. The Hall–Kier alpha value is -3.34. The highest BCUT2D eigenvalue weighted by molar-refractivity contribution is 5.80. The highest BCUT2D eigenvalue weighted by Crippen LogP contribution is 2.28. The molecule has 5 heteroatoms. The van der Waals surface area contributed by atoms with Gasteiger partial charge in [0.2, 0.25) is 0 Å². The molecular formula is C24H23FN2O2. The first-order valence-corrected chi connectivity index (χ1v) is 9.82. The Bertz CT molecular complexity index is 1110. The van der Waals surface area contributed by atoms with Crippen LogP contribution in [0.15, 0.2) is 72.8 Å². The van der Waals surface area contributed by atoms with E-state index in [9.17, 15) is 4.39 Å². The molecule has 4 rings (SSSR count). The molecule has 0 saturated heterocycles. The van der Waals surface area contributed by atoms with E-state index in [4.69, 9.17) is 9.47 Å². The van der Waals surface area contributed by atoms with Crippen LogP contribution in [-0.4, -0.2) is 22.8 Å². The number of imidazole rings is 1. The zero-order chi connectivity index (χ0) is 20.1. The predicted octanol–water partition coefficient (Wildman–Crippen LogP) is 5.71. The predicted molar refractivity (Wildman–Crippen MR) is 113 cm³/mol. The van der Waals surface area contributed by atoms with Crippen LogP contribution >= 0.6 is 0 Å². The number of ether oxygens (including phenoxy) is 2. The number of fused-ring (bicyclic) bond motifs is 1. The third-order valence-corrected chi connectivity index (χ3v) is 4.70. The van der Waals surface area contributed by atoms with Crippen molar-refractivity contribution in [2.24, 2.45) is 0 Å². The number of para-hydroxylation sites is 4. The third-order valence-electron chi connectivity index (χ3n) is 4.70. The van der Waals surface area contributed by atoms with Crippen LogP contribution in [0.2, 0.25) is 0 Å². The summed E-state index contributed by atoms with van der Waals surface area (Å²) in [5.74, 6) is 1.85. The lowest BCUT2D eigenvalue weighted by Gasteiger charge is -2.13. The Balaban J connectivity index is 1.54. The summed E-state index contributed by atoms with van der Waals surface area (Å²) in [6.45, 7) is 3.73. The van der Waals surface area contributed by atoms with E-state index in [1.165, 1.54) is 6.07 Å². The second-order valence-electron chi connectivity index (χ2n) is 6.64. The van der Waals surface area contributed by atoms with Crippen molar-refractivity contribution >= 4 is 11.0 Å². The van der Waals surface area contributed by atoms with Crippen LogP contribution in [0.3, 0.4) is 0 Å². The molecule has 29 heavy (non-hydrogen) atoms. The monoisotopic (exact) mass is 390 g/mol. The maximum Gasteiger partial charge on any atom is 0.161 e. The second kappa shape index (κ2) is 8.78. The first-order chi connectivity index (χ1) is 14.3. The number of aryl methyl sites for hydroxylation is 1. The van der Waals surface area contributed by atoms with Crippen molar-refractivity contribution in [2.75, 3.05) is 13.2 Å². The van der Waals surface area contributed by atoms with E-state index < -0.39 is 0 Å². The van der Waals surface area contributed by atoms with Gasteiger partial charge in [-0.1, -0.05) is 36.4 Å². The average molecular weight is 390 g/mol. The molecule has 0 aliphatic rings. The van der Waals surface area contributed by atoms with E-state index in [1.807, 2.05) is 61.5 Å². The SMILES string of the molecule is CCOc1ccccc1OCCCn1c(-c2ccccc2F)nc2ccccc21. The molecule has 0 fully saturated rings. The molecule has 0 unspecified atom stereocenters. The number of rotatable bonds is 8.